The van der Waals surface area contributed by atoms with Crippen LogP contribution < -0.4 is 4.57 Å². The summed E-state index contributed by atoms with van der Waals surface area (Å²) in [6.07, 6.45) is 2.36. The molecule has 1 aromatic heterocycles. The van der Waals surface area contributed by atoms with Crippen LogP contribution in [0.5, 0.6) is 0 Å². The van der Waals surface area contributed by atoms with Crippen LogP contribution in [0.1, 0.15) is 57.2 Å². The summed E-state index contributed by atoms with van der Waals surface area (Å²) >= 11 is 0. The van der Waals surface area contributed by atoms with Crippen molar-refractivity contribution in [3.05, 3.63) is 53.2 Å². The lowest BCUT2D eigenvalue weighted by Crippen LogP contribution is -2.36. The average Bonchev–Trinajstić information content (AvgIpc) is 2.58. The van der Waals surface area contributed by atoms with Gasteiger partial charge in [-0.05, 0) is 35.4 Å². The van der Waals surface area contributed by atoms with Gasteiger partial charge in [-0.3, -0.25) is 0 Å². The third kappa shape index (κ3) is 1.87. The van der Waals surface area contributed by atoms with Gasteiger partial charge in [0.05, 0.1) is 0 Å². The Balaban J connectivity index is 2.26. The highest BCUT2D eigenvalue weighted by Gasteiger charge is 2.51. The first-order valence-corrected chi connectivity index (χ1v) is 8.28. The van der Waals surface area contributed by atoms with E-state index in [0.29, 0.717) is 5.92 Å². The maximum Gasteiger partial charge on any atom is 0.212 e. The number of benzene rings is 1. The molecular weight excluding hydrogens is 266 g/mol. The molecule has 0 aliphatic heterocycles. The monoisotopic (exact) mass is 294 g/mol. The molecule has 0 N–H and O–H groups in total. The largest absolute Gasteiger partial charge is 0.212 e. The number of nitrogens with zero attached hydrogens (tertiary/aromatic N) is 1. The van der Waals surface area contributed by atoms with Crippen LogP contribution in [0, 0.1) is 12.3 Å². The van der Waals surface area contributed by atoms with Gasteiger partial charge in [-0.25, -0.2) is 4.57 Å². The van der Waals surface area contributed by atoms with E-state index in [9.17, 15) is 0 Å². The normalized spacial score (nSPS) is 21.7. The zero-order valence-electron chi connectivity index (χ0n) is 15.0. The fourth-order valence-corrected chi connectivity index (χ4v) is 3.95. The number of aryl methyl sites for hydroxylation is 2. The second-order valence-electron chi connectivity index (χ2n) is 8.02. The summed E-state index contributed by atoms with van der Waals surface area (Å²) in [6.45, 7) is 14.2. The third-order valence-corrected chi connectivity index (χ3v) is 6.56. The van der Waals surface area contributed by atoms with Gasteiger partial charge < -0.3 is 0 Å². The van der Waals surface area contributed by atoms with Gasteiger partial charge in [-0.1, -0.05) is 52.8 Å². The predicted molar refractivity (Wildman–Crippen MR) is 93.0 cm³/mol. The molecule has 1 atom stereocenters. The molecule has 1 nitrogen and oxygen atoms in total. The van der Waals surface area contributed by atoms with Crippen molar-refractivity contribution in [1.29, 1.82) is 0 Å². The maximum atomic E-state index is 2.43. The van der Waals surface area contributed by atoms with E-state index in [1.54, 1.807) is 0 Å². The Kier molecular flexibility index (Phi) is 3.25. The molecule has 116 valence electrons. The number of hydrogen-bond donors (Lipinski definition) is 0. The Morgan fingerprint density at radius 2 is 1.68 bits per heavy atom. The second kappa shape index (κ2) is 4.68. The van der Waals surface area contributed by atoms with Gasteiger partial charge >= 0.3 is 0 Å². The van der Waals surface area contributed by atoms with Gasteiger partial charge in [-0.2, -0.15) is 0 Å². The molecule has 1 heteroatoms. The van der Waals surface area contributed by atoms with Gasteiger partial charge in [0.1, 0.15) is 7.05 Å². The van der Waals surface area contributed by atoms with Crippen molar-refractivity contribution in [3.8, 4) is 11.3 Å². The molecule has 0 amide bonds. The van der Waals surface area contributed by atoms with Crippen LogP contribution in [0.25, 0.3) is 11.3 Å². The fourth-order valence-electron chi connectivity index (χ4n) is 3.95. The lowest BCUT2D eigenvalue weighted by molar-refractivity contribution is -0.661. The van der Waals surface area contributed by atoms with Crippen molar-refractivity contribution in [3.63, 3.8) is 0 Å². The molecule has 22 heavy (non-hydrogen) atoms. The smallest absolute Gasteiger partial charge is 0.201 e. The van der Waals surface area contributed by atoms with Gasteiger partial charge in [0.25, 0.3) is 0 Å². The van der Waals surface area contributed by atoms with E-state index >= 15 is 0 Å². The Hall–Kier alpha value is -1.63. The Morgan fingerprint density at radius 1 is 1.05 bits per heavy atom. The van der Waals surface area contributed by atoms with E-state index in [4.69, 9.17) is 0 Å². The molecule has 0 fully saturated rings. The molecule has 0 saturated heterocycles. The van der Waals surface area contributed by atoms with E-state index in [2.05, 4.69) is 89.7 Å². The topological polar surface area (TPSA) is 3.88 Å². The summed E-state index contributed by atoms with van der Waals surface area (Å²) in [7, 11) is 2.17. The van der Waals surface area contributed by atoms with Crippen molar-refractivity contribution in [2.75, 3.05) is 0 Å². The fraction of sp³-hybridized carbons (Fsp3) is 0.476. The molecule has 0 saturated carbocycles. The molecule has 0 radical (unpaired) electrons. The van der Waals surface area contributed by atoms with Crippen LogP contribution >= 0.6 is 0 Å². The highest BCUT2D eigenvalue weighted by molar-refractivity contribution is 5.63. The van der Waals surface area contributed by atoms with E-state index in [0.717, 1.165) is 0 Å². The standard InChI is InChI=1S/C21H28N/c1-14-10-8-9-11-16(14)19-12-17-15(2)20(3,4)21(5,6)18(17)13-22(19)7/h8-13,15H,1-7H3/q+1. The first-order chi connectivity index (χ1) is 10.2. The minimum absolute atomic E-state index is 0.198. The maximum absolute atomic E-state index is 2.43. The summed E-state index contributed by atoms with van der Waals surface area (Å²) in [5, 5.41) is 0. The summed E-state index contributed by atoms with van der Waals surface area (Å²) in [5.74, 6) is 0.571. The summed E-state index contributed by atoms with van der Waals surface area (Å²) in [4.78, 5) is 0. The van der Waals surface area contributed by atoms with Crippen molar-refractivity contribution in [2.45, 2.75) is 52.9 Å². The Morgan fingerprint density at radius 3 is 2.32 bits per heavy atom. The van der Waals surface area contributed by atoms with Crippen LogP contribution in [0.3, 0.4) is 0 Å². The number of hydrogen-bond acceptors (Lipinski definition) is 0. The Labute approximate surface area is 135 Å². The minimum atomic E-state index is 0.198. The SMILES string of the molecule is Cc1ccccc1-c1cc2c(c[n+]1C)C(C)(C)C(C)(C)C2C. The van der Waals surface area contributed by atoms with E-state index in [1.165, 1.54) is 27.9 Å². The number of rotatable bonds is 1. The zero-order chi connectivity index (χ0) is 16.3. The van der Waals surface area contributed by atoms with E-state index in [-0.39, 0.29) is 10.8 Å². The quantitative estimate of drug-likeness (QED) is 0.658. The van der Waals surface area contributed by atoms with E-state index < -0.39 is 0 Å². The van der Waals surface area contributed by atoms with Crippen molar-refractivity contribution in [2.24, 2.45) is 12.5 Å². The molecule has 1 aliphatic carbocycles. The third-order valence-electron chi connectivity index (χ3n) is 6.56. The van der Waals surface area contributed by atoms with Gasteiger partial charge in [0.15, 0.2) is 6.20 Å². The minimum Gasteiger partial charge on any atom is -0.201 e. The highest BCUT2D eigenvalue weighted by atomic mass is 14.9. The average molecular weight is 294 g/mol. The molecule has 1 unspecified atom stereocenters. The Bertz CT molecular complexity index is 738. The molecule has 0 spiro atoms. The molecule has 1 aromatic carbocycles. The summed E-state index contributed by atoms with van der Waals surface area (Å²) in [5.41, 5.74) is 7.48. The molecule has 3 rings (SSSR count). The van der Waals surface area contributed by atoms with Crippen LogP contribution in [0.15, 0.2) is 36.5 Å². The first kappa shape index (κ1) is 15.3. The van der Waals surface area contributed by atoms with Crippen molar-refractivity contribution >= 4 is 0 Å². The number of pyridine rings is 1. The number of aromatic nitrogens is 1. The number of fused-ring (bicyclic) bond motifs is 1. The summed E-state index contributed by atoms with van der Waals surface area (Å²) < 4.78 is 2.30. The molecule has 0 bridgehead atoms. The van der Waals surface area contributed by atoms with Crippen LogP contribution in [-0.2, 0) is 12.5 Å². The molecule has 2 aromatic rings. The van der Waals surface area contributed by atoms with Crippen LogP contribution in [0.4, 0.5) is 0 Å². The predicted octanol–water partition coefficient (Wildman–Crippen LogP) is 4.91. The molecular formula is C21H28N+. The van der Waals surface area contributed by atoms with Gasteiger partial charge in [0, 0.05) is 22.6 Å². The first-order valence-electron chi connectivity index (χ1n) is 8.28. The van der Waals surface area contributed by atoms with Crippen molar-refractivity contribution < 1.29 is 4.57 Å². The molecule has 1 aliphatic rings. The second-order valence-corrected chi connectivity index (χ2v) is 8.02. The van der Waals surface area contributed by atoms with Crippen LogP contribution in [0.2, 0.25) is 0 Å². The van der Waals surface area contributed by atoms with Gasteiger partial charge in [-0.15, -0.1) is 0 Å². The van der Waals surface area contributed by atoms with Crippen LogP contribution in [-0.4, -0.2) is 0 Å². The lowest BCUT2D eigenvalue weighted by Gasteiger charge is -2.38. The van der Waals surface area contributed by atoms with Crippen molar-refractivity contribution in [1.82, 2.24) is 0 Å². The lowest BCUT2D eigenvalue weighted by atomic mass is 9.65. The van der Waals surface area contributed by atoms with E-state index in [1.807, 2.05) is 0 Å². The van der Waals surface area contributed by atoms with Gasteiger partial charge in [0.2, 0.25) is 5.69 Å². The zero-order valence-corrected chi connectivity index (χ0v) is 15.0. The summed E-state index contributed by atoms with van der Waals surface area (Å²) in [6, 6.07) is 11.1. The molecule has 1 heterocycles. The highest BCUT2D eigenvalue weighted by Crippen LogP contribution is 2.58.